The van der Waals surface area contributed by atoms with Gasteiger partial charge >= 0.3 is 0 Å². The van der Waals surface area contributed by atoms with Crippen LogP contribution in [-0.4, -0.2) is 33.1 Å². The van der Waals surface area contributed by atoms with Crippen LogP contribution in [0.25, 0.3) is 10.9 Å². The van der Waals surface area contributed by atoms with Crippen LogP contribution in [-0.2, 0) is 11.3 Å². The maximum absolute atomic E-state index is 12.6. The number of para-hydroxylation sites is 1. The Kier molecular flexibility index (Phi) is 7.13. The monoisotopic (exact) mass is 418 g/mol. The van der Waals surface area contributed by atoms with Crippen LogP contribution in [0.15, 0.2) is 58.5 Å². The predicted molar refractivity (Wildman–Crippen MR) is 114 cm³/mol. The molecule has 0 aliphatic rings. The summed E-state index contributed by atoms with van der Waals surface area (Å²) < 4.78 is 7.41. The average Bonchev–Trinajstić information content (AvgIpc) is 2.71. The maximum atomic E-state index is 12.6. The van der Waals surface area contributed by atoms with Crippen LogP contribution in [0.3, 0.4) is 0 Å². The molecule has 7 heteroatoms. The standard InChI is InChI=1S/C21H23ClN2O3S/c1-3-24-20(26)18-6-4-5-7-19(18)23-21(24)28-13-17(25)12-27-14(2)15-8-10-16(22)11-9-15/h4-11,14,17,25H,3,12-13H2,1-2H3/t14-,17+/m1/s1. The SMILES string of the molecule is CCn1c(SC[C@@H](O)CO[C@H](C)c2ccc(Cl)cc2)nc2ccccc2c1=O. The molecule has 148 valence electrons. The Morgan fingerprint density at radius 3 is 2.64 bits per heavy atom. The normalized spacial score (nSPS) is 13.6. The van der Waals surface area contributed by atoms with Crippen LogP contribution in [0.4, 0.5) is 0 Å². The highest BCUT2D eigenvalue weighted by Crippen LogP contribution is 2.21. The molecule has 0 saturated heterocycles. The van der Waals surface area contributed by atoms with Gasteiger partial charge < -0.3 is 9.84 Å². The molecular weight excluding hydrogens is 396 g/mol. The lowest BCUT2D eigenvalue weighted by Gasteiger charge is -2.17. The number of hydrogen-bond acceptors (Lipinski definition) is 5. The number of hydrogen-bond donors (Lipinski definition) is 1. The molecule has 1 heterocycles. The fraction of sp³-hybridized carbons (Fsp3) is 0.333. The molecule has 0 aliphatic heterocycles. The third-order valence-corrected chi connectivity index (χ3v) is 5.80. The lowest BCUT2D eigenvalue weighted by Crippen LogP contribution is -2.24. The van der Waals surface area contributed by atoms with Crippen molar-refractivity contribution in [2.75, 3.05) is 12.4 Å². The highest BCUT2D eigenvalue weighted by atomic mass is 35.5. The summed E-state index contributed by atoms with van der Waals surface area (Å²) >= 11 is 7.26. The molecule has 0 unspecified atom stereocenters. The van der Waals surface area contributed by atoms with E-state index in [4.69, 9.17) is 16.3 Å². The van der Waals surface area contributed by atoms with E-state index in [2.05, 4.69) is 4.98 Å². The third kappa shape index (κ3) is 4.94. The van der Waals surface area contributed by atoms with Crippen molar-refractivity contribution in [3.05, 3.63) is 69.5 Å². The molecule has 2 atom stereocenters. The van der Waals surface area contributed by atoms with E-state index in [1.807, 2.05) is 56.3 Å². The molecule has 28 heavy (non-hydrogen) atoms. The van der Waals surface area contributed by atoms with Crippen molar-refractivity contribution in [1.29, 1.82) is 0 Å². The van der Waals surface area contributed by atoms with Crippen molar-refractivity contribution in [2.24, 2.45) is 0 Å². The van der Waals surface area contributed by atoms with Gasteiger partial charge in [0.2, 0.25) is 0 Å². The summed E-state index contributed by atoms with van der Waals surface area (Å²) in [5.41, 5.74) is 1.61. The second-order valence-electron chi connectivity index (χ2n) is 6.45. The Balaban J connectivity index is 1.62. The summed E-state index contributed by atoms with van der Waals surface area (Å²) in [6.45, 7) is 4.57. The van der Waals surface area contributed by atoms with Crippen molar-refractivity contribution in [3.63, 3.8) is 0 Å². The van der Waals surface area contributed by atoms with E-state index in [-0.39, 0.29) is 18.3 Å². The Labute approximate surface area is 173 Å². The molecule has 0 aliphatic carbocycles. The van der Waals surface area contributed by atoms with Gasteiger partial charge in [-0.1, -0.05) is 47.6 Å². The summed E-state index contributed by atoms with van der Waals surface area (Å²) in [5.74, 6) is 0.387. The Morgan fingerprint density at radius 2 is 1.93 bits per heavy atom. The zero-order valence-electron chi connectivity index (χ0n) is 15.8. The number of rotatable bonds is 8. The van der Waals surface area contributed by atoms with E-state index in [9.17, 15) is 9.90 Å². The van der Waals surface area contributed by atoms with Gasteiger partial charge in [0.05, 0.1) is 29.7 Å². The van der Waals surface area contributed by atoms with Crippen LogP contribution in [0.5, 0.6) is 0 Å². The first-order chi connectivity index (χ1) is 13.5. The summed E-state index contributed by atoms with van der Waals surface area (Å²) in [7, 11) is 0. The Hall–Kier alpha value is -1.86. The highest BCUT2D eigenvalue weighted by Gasteiger charge is 2.14. The molecule has 5 nitrogen and oxygen atoms in total. The maximum Gasteiger partial charge on any atom is 0.262 e. The van der Waals surface area contributed by atoms with Gasteiger partial charge in [-0.3, -0.25) is 9.36 Å². The fourth-order valence-corrected chi connectivity index (χ4v) is 3.94. The largest absolute Gasteiger partial charge is 0.390 e. The van der Waals surface area contributed by atoms with Crippen molar-refractivity contribution >= 4 is 34.3 Å². The Bertz CT molecular complexity index is 991. The van der Waals surface area contributed by atoms with Crippen LogP contribution in [0.1, 0.15) is 25.5 Å². The minimum absolute atomic E-state index is 0.0577. The number of ether oxygens (including phenoxy) is 1. The van der Waals surface area contributed by atoms with Crippen LogP contribution in [0, 0.1) is 0 Å². The highest BCUT2D eigenvalue weighted by molar-refractivity contribution is 7.99. The van der Waals surface area contributed by atoms with E-state index in [0.717, 1.165) is 5.56 Å². The Morgan fingerprint density at radius 1 is 1.21 bits per heavy atom. The van der Waals surface area contributed by atoms with E-state index >= 15 is 0 Å². The summed E-state index contributed by atoms with van der Waals surface area (Å²) in [5, 5.41) is 12.2. The minimum atomic E-state index is -0.673. The first-order valence-corrected chi connectivity index (χ1v) is 10.5. The molecular formula is C21H23ClN2O3S. The first-order valence-electron chi connectivity index (χ1n) is 9.17. The zero-order valence-corrected chi connectivity index (χ0v) is 17.4. The molecule has 3 aromatic rings. The number of thioether (sulfide) groups is 1. The van der Waals surface area contributed by atoms with Gasteiger partial charge in [0.25, 0.3) is 5.56 Å². The number of aliphatic hydroxyl groups is 1. The lowest BCUT2D eigenvalue weighted by molar-refractivity contribution is 0.00620. The van der Waals surface area contributed by atoms with E-state index in [1.165, 1.54) is 11.8 Å². The quantitative estimate of drug-likeness (QED) is 0.436. The lowest BCUT2D eigenvalue weighted by atomic mass is 10.1. The van der Waals surface area contributed by atoms with E-state index in [1.54, 1.807) is 10.6 Å². The van der Waals surface area contributed by atoms with Crippen molar-refractivity contribution in [3.8, 4) is 0 Å². The van der Waals surface area contributed by atoms with Gasteiger partial charge in [-0.05, 0) is 43.7 Å². The molecule has 0 radical (unpaired) electrons. The fourth-order valence-electron chi connectivity index (χ4n) is 2.84. The number of nitrogens with zero attached hydrogens (tertiary/aromatic N) is 2. The van der Waals surface area contributed by atoms with Crippen molar-refractivity contribution in [1.82, 2.24) is 9.55 Å². The minimum Gasteiger partial charge on any atom is -0.390 e. The second-order valence-corrected chi connectivity index (χ2v) is 7.88. The summed E-state index contributed by atoms with van der Waals surface area (Å²) in [4.78, 5) is 17.2. The topological polar surface area (TPSA) is 64.3 Å². The molecule has 3 rings (SSSR count). The van der Waals surface area contributed by atoms with Crippen molar-refractivity contribution in [2.45, 2.75) is 37.8 Å². The van der Waals surface area contributed by atoms with Gasteiger partial charge in [-0.15, -0.1) is 0 Å². The number of aliphatic hydroxyl groups excluding tert-OH is 1. The zero-order chi connectivity index (χ0) is 20.1. The number of fused-ring (bicyclic) bond motifs is 1. The number of aromatic nitrogens is 2. The molecule has 0 bridgehead atoms. The van der Waals surface area contributed by atoms with Gasteiger partial charge in [0.15, 0.2) is 5.16 Å². The number of halogens is 1. The molecule has 0 spiro atoms. The molecule has 0 amide bonds. The van der Waals surface area contributed by atoms with Crippen LogP contribution >= 0.6 is 23.4 Å². The van der Waals surface area contributed by atoms with E-state index < -0.39 is 6.10 Å². The average molecular weight is 419 g/mol. The number of benzene rings is 2. The summed E-state index contributed by atoms with van der Waals surface area (Å²) in [6, 6.07) is 14.8. The molecule has 1 aromatic heterocycles. The van der Waals surface area contributed by atoms with Gasteiger partial charge in [-0.2, -0.15) is 0 Å². The van der Waals surface area contributed by atoms with Gasteiger partial charge in [0.1, 0.15) is 0 Å². The molecule has 1 N–H and O–H groups in total. The van der Waals surface area contributed by atoms with E-state index in [0.29, 0.717) is 33.4 Å². The van der Waals surface area contributed by atoms with Gasteiger partial charge in [-0.25, -0.2) is 4.98 Å². The smallest absolute Gasteiger partial charge is 0.262 e. The van der Waals surface area contributed by atoms with Gasteiger partial charge in [0, 0.05) is 17.3 Å². The van der Waals surface area contributed by atoms with Crippen molar-refractivity contribution < 1.29 is 9.84 Å². The summed E-state index contributed by atoms with van der Waals surface area (Å²) in [6.07, 6.45) is -0.821. The van der Waals surface area contributed by atoms with Crippen LogP contribution in [0.2, 0.25) is 5.02 Å². The predicted octanol–water partition coefficient (Wildman–Crippen LogP) is 4.30. The molecule has 2 aromatic carbocycles. The van der Waals surface area contributed by atoms with Crippen LogP contribution < -0.4 is 5.56 Å². The third-order valence-electron chi connectivity index (χ3n) is 4.43. The molecule has 0 fully saturated rings. The second kappa shape index (κ2) is 9.56. The molecule has 0 saturated carbocycles. The first kappa shape index (κ1) is 20.9.